The van der Waals surface area contributed by atoms with E-state index in [1.807, 2.05) is 20.8 Å². The van der Waals surface area contributed by atoms with Gasteiger partial charge in [0, 0.05) is 30.2 Å². The summed E-state index contributed by atoms with van der Waals surface area (Å²) in [5.74, 6) is -0.103. The number of likely N-dealkylation sites (N-methyl/N-ethyl adjacent to an activating group) is 1. The number of hydrogen-bond donors (Lipinski definition) is 1. The van der Waals surface area contributed by atoms with Gasteiger partial charge in [-0.25, -0.2) is 4.79 Å². The molecular formula is C16H23Cl2N3O2. The van der Waals surface area contributed by atoms with Crippen molar-refractivity contribution in [2.75, 3.05) is 26.7 Å². The van der Waals surface area contributed by atoms with Crippen molar-refractivity contribution in [2.24, 2.45) is 0 Å². The summed E-state index contributed by atoms with van der Waals surface area (Å²) in [5, 5.41) is 3.69. The van der Waals surface area contributed by atoms with Crippen LogP contribution in [0.15, 0.2) is 18.2 Å². The molecule has 0 aliphatic rings. The molecule has 1 N–H and O–H groups in total. The monoisotopic (exact) mass is 359 g/mol. The predicted molar refractivity (Wildman–Crippen MR) is 94.0 cm³/mol. The lowest BCUT2D eigenvalue weighted by Crippen LogP contribution is -2.45. The van der Waals surface area contributed by atoms with E-state index >= 15 is 0 Å². The Kier molecular flexibility index (Phi) is 7.65. The highest BCUT2D eigenvalue weighted by atomic mass is 35.5. The molecule has 0 spiro atoms. The molecule has 0 aromatic heterocycles. The molecule has 0 saturated carbocycles. The zero-order chi connectivity index (χ0) is 17.6. The smallest absolute Gasteiger partial charge is 0.318 e. The minimum Gasteiger partial charge on any atom is -0.342 e. The van der Waals surface area contributed by atoms with E-state index in [2.05, 4.69) is 5.32 Å². The lowest BCUT2D eigenvalue weighted by molar-refractivity contribution is -0.129. The topological polar surface area (TPSA) is 52.7 Å². The first kappa shape index (κ1) is 19.6. The number of nitrogens with zero attached hydrogens (tertiary/aromatic N) is 2. The van der Waals surface area contributed by atoms with E-state index in [0.717, 1.165) is 5.56 Å². The number of hydrogen-bond acceptors (Lipinski definition) is 2. The predicted octanol–water partition coefficient (Wildman–Crippen LogP) is 3.56. The fourth-order valence-electron chi connectivity index (χ4n) is 2.19. The average Bonchev–Trinajstić information content (AvgIpc) is 2.52. The lowest BCUT2D eigenvalue weighted by Gasteiger charge is -2.27. The SMILES string of the molecule is CCN(CC)C(=O)CNC(=O)N(C)C(C)c1ccc(Cl)cc1Cl. The standard InChI is InChI=1S/C16H23Cl2N3O2/c1-5-21(6-2)15(22)10-19-16(23)20(4)11(3)13-8-7-12(17)9-14(13)18/h7-9,11H,5-6,10H2,1-4H3,(H,19,23). The van der Waals surface area contributed by atoms with Crippen molar-refractivity contribution in [3.63, 3.8) is 0 Å². The molecule has 0 heterocycles. The van der Waals surface area contributed by atoms with Gasteiger partial charge in [0.15, 0.2) is 0 Å². The van der Waals surface area contributed by atoms with Crippen molar-refractivity contribution in [2.45, 2.75) is 26.8 Å². The number of amides is 3. The van der Waals surface area contributed by atoms with Crippen LogP contribution < -0.4 is 5.32 Å². The third-order valence-electron chi connectivity index (χ3n) is 3.82. The van der Waals surface area contributed by atoms with Gasteiger partial charge in [0.1, 0.15) is 0 Å². The lowest BCUT2D eigenvalue weighted by atomic mass is 10.1. The van der Waals surface area contributed by atoms with Gasteiger partial charge in [-0.15, -0.1) is 0 Å². The van der Waals surface area contributed by atoms with Gasteiger partial charge in [0.05, 0.1) is 12.6 Å². The second-order valence-electron chi connectivity index (χ2n) is 5.18. The Bertz CT molecular complexity index is 562. The fourth-order valence-corrected chi connectivity index (χ4v) is 2.76. The van der Waals surface area contributed by atoms with Crippen LogP contribution in [0.25, 0.3) is 0 Å². The van der Waals surface area contributed by atoms with Crippen molar-refractivity contribution >= 4 is 35.1 Å². The number of halogens is 2. The van der Waals surface area contributed by atoms with Gasteiger partial charge < -0.3 is 15.1 Å². The zero-order valence-electron chi connectivity index (χ0n) is 13.9. The molecule has 1 aromatic rings. The molecule has 128 valence electrons. The van der Waals surface area contributed by atoms with Gasteiger partial charge in [0.2, 0.25) is 5.91 Å². The Morgan fingerprint density at radius 3 is 2.35 bits per heavy atom. The number of benzene rings is 1. The Morgan fingerprint density at radius 2 is 1.83 bits per heavy atom. The quantitative estimate of drug-likeness (QED) is 0.843. The molecule has 23 heavy (non-hydrogen) atoms. The van der Waals surface area contributed by atoms with Gasteiger partial charge in [-0.1, -0.05) is 29.3 Å². The maximum absolute atomic E-state index is 12.2. The zero-order valence-corrected chi connectivity index (χ0v) is 15.4. The summed E-state index contributed by atoms with van der Waals surface area (Å²) < 4.78 is 0. The van der Waals surface area contributed by atoms with E-state index in [0.29, 0.717) is 23.1 Å². The van der Waals surface area contributed by atoms with Crippen molar-refractivity contribution in [1.29, 1.82) is 0 Å². The van der Waals surface area contributed by atoms with Crippen LogP contribution in [-0.4, -0.2) is 48.4 Å². The van der Waals surface area contributed by atoms with E-state index < -0.39 is 0 Å². The van der Waals surface area contributed by atoms with Crippen LogP contribution in [0.1, 0.15) is 32.4 Å². The van der Waals surface area contributed by atoms with E-state index in [1.165, 1.54) is 4.90 Å². The molecule has 0 saturated heterocycles. The molecule has 5 nitrogen and oxygen atoms in total. The van der Waals surface area contributed by atoms with Crippen molar-refractivity contribution in [3.05, 3.63) is 33.8 Å². The van der Waals surface area contributed by atoms with E-state index in [9.17, 15) is 9.59 Å². The minimum atomic E-state index is -0.330. The molecule has 0 bridgehead atoms. The molecule has 0 aliphatic carbocycles. The summed E-state index contributed by atoms with van der Waals surface area (Å²) >= 11 is 12.1. The van der Waals surface area contributed by atoms with Gasteiger partial charge in [-0.2, -0.15) is 0 Å². The largest absolute Gasteiger partial charge is 0.342 e. The highest BCUT2D eigenvalue weighted by Crippen LogP contribution is 2.28. The van der Waals surface area contributed by atoms with Crippen molar-refractivity contribution < 1.29 is 9.59 Å². The van der Waals surface area contributed by atoms with E-state index in [-0.39, 0.29) is 24.5 Å². The van der Waals surface area contributed by atoms with Crippen molar-refractivity contribution in [1.82, 2.24) is 15.1 Å². The number of rotatable bonds is 6. The van der Waals surface area contributed by atoms with E-state index in [1.54, 1.807) is 30.1 Å². The van der Waals surface area contributed by atoms with Gasteiger partial charge >= 0.3 is 6.03 Å². The van der Waals surface area contributed by atoms with Gasteiger partial charge in [-0.05, 0) is 38.5 Å². The van der Waals surface area contributed by atoms with Crippen LogP contribution in [0.4, 0.5) is 4.79 Å². The fraction of sp³-hybridized carbons (Fsp3) is 0.500. The second kappa shape index (κ2) is 8.99. The molecule has 1 aromatic carbocycles. The maximum atomic E-state index is 12.2. The molecule has 0 radical (unpaired) electrons. The summed E-state index contributed by atoms with van der Waals surface area (Å²) in [6.45, 7) is 6.89. The van der Waals surface area contributed by atoms with Gasteiger partial charge in [-0.3, -0.25) is 4.79 Å². The molecule has 7 heteroatoms. The molecule has 1 unspecified atom stereocenters. The summed E-state index contributed by atoms with van der Waals surface area (Å²) in [6.07, 6.45) is 0. The summed E-state index contributed by atoms with van der Waals surface area (Å²) in [5.41, 5.74) is 0.795. The first-order valence-electron chi connectivity index (χ1n) is 7.55. The summed E-state index contributed by atoms with van der Waals surface area (Å²) in [4.78, 5) is 27.3. The Labute approximate surface area is 147 Å². The summed E-state index contributed by atoms with van der Waals surface area (Å²) in [7, 11) is 1.66. The molecule has 3 amide bonds. The number of urea groups is 1. The number of nitrogens with one attached hydrogen (secondary N) is 1. The number of carbonyl (C=O) groups is 2. The first-order valence-corrected chi connectivity index (χ1v) is 8.30. The highest BCUT2D eigenvalue weighted by molar-refractivity contribution is 6.35. The summed E-state index contributed by atoms with van der Waals surface area (Å²) in [6, 6.07) is 4.59. The third kappa shape index (κ3) is 5.29. The molecule has 1 rings (SSSR count). The molecule has 0 fully saturated rings. The number of carbonyl (C=O) groups excluding carboxylic acids is 2. The third-order valence-corrected chi connectivity index (χ3v) is 4.38. The Morgan fingerprint density at radius 1 is 1.22 bits per heavy atom. The van der Waals surface area contributed by atoms with Crippen LogP contribution >= 0.6 is 23.2 Å². The molecule has 1 atom stereocenters. The van der Waals surface area contributed by atoms with E-state index in [4.69, 9.17) is 23.2 Å². The van der Waals surface area contributed by atoms with Crippen LogP contribution in [-0.2, 0) is 4.79 Å². The highest BCUT2D eigenvalue weighted by Gasteiger charge is 2.20. The minimum absolute atomic E-state index is 0.0219. The van der Waals surface area contributed by atoms with Crippen LogP contribution in [0.5, 0.6) is 0 Å². The second-order valence-corrected chi connectivity index (χ2v) is 6.02. The molecule has 0 aliphatic heterocycles. The first-order chi connectivity index (χ1) is 10.8. The van der Waals surface area contributed by atoms with Crippen LogP contribution in [0, 0.1) is 0 Å². The Hall–Kier alpha value is -1.46. The van der Waals surface area contributed by atoms with Crippen molar-refractivity contribution in [3.8, 4) is 0 Å². The van der Waals surface area contributed by atoms with Gasteiger partial charge in [0.25, 0.3) is 0 Å². The molecular weight excluding hydrogens is 337 g/mol. The average molecular weight is 360 g/mol. The normalized spacial score (nSPS) is 11.7. The van der Waals surface area contributed by atoms with Crippen LogP contribution in [0.2, 0.25) is 10.0 Å². The Balaban J connectivity index is 2.67. The maximum Gasteiger partial charge on any atom is 0.318 e. The van der Waals surface area contributed by atoms with Crippen LogP contribution in [0.3, 0.4) is 0 Å².